The zero-order valence-electron chi connectivity index (χ0n) is 13.3. The molecule has 2 aliphatic heterocycles. The van der Waals surface area contributed by atoms with Gasteiger partial charge in [-0.25, -0.2) is 0 Å². The van der Waals surface area contributed by atoms with Crippen LogP contribution >= 0.6 is 12.4 Å². The lowest BCUT2D eigenvalue weighted by Crippen LogP contribution is -2.29. The molecule has 142 valence electrons. The van der Waals surface area contributed by atoms with Crippen molar-refractivity contribution in [2.24, 2.45) is 5.41 Å². The van der Waals surface area contributed by atoms with E-state index in [1.54, 1.807) is 0 Å². The lowest BCUT2D eigenvalue weighted by molar-refractivity contribution is -0.143. The van der Waals surface area contributed by atoms with Crippen molar-refractivity contribution in [1.29, 1.82) is 0 Å². The van der Waals surface area contributed by atoms with E-state index in [4.69, 9.17) is 0 Å². The van der Waals surface area contributed by atoms with Crippen molar-refractivity contribution in [2.75, 3.05) is 26.2 Å². The van der Waals surface area contributed by atoms with Gasteiger partial charge in [-0.15, -0.1) is 12.4 Å². The van der Waals surface area contributed by atoms with Crippen LogP contribution in [0.25, 0.3) is 0 Å². The first-order chi connectivity index (χ1) is 11.1. The van der Waals surface area contributed by atoms with Gasteiger partial charge in [0.2, 0.25) is 0 Å². The van der Waals surface area contributed by atoms with E-state index < -0.39 is 23.5 Å². The molecule has 0 amide bonds. The molecule has 25 heavy (non-hydrogen) atoms. The van der Waals surface area contributed by atoms with Gasteiger partial charge in [-0.05, 0) is 55.1 Å². The second kappa shape index (κ2) is 6.96. The maximum Gasteiger partial charge on any atom is 0.416 e. The first-order valence-electron chi connectivity index (χ1n) is 7.79. The molecule has 1 aromatic carbocycles. The van der Waals surface area contributed by atoms with Gasteiger partial charge >= 0.3 is 12.4 Å². The molecular weight excluding hydrogens is 370 g/mol. The van der Waals surface area contributed by atoms with Crippen LogP contribution in [-0.2, 0) is 18.9 Å². The summed E-state index contributed by atoms with van der Waals surface area (Å²) in [6, 6.07) is 1.83. The van der Waals surface area contributed by atoms with E-state index in [0.717, 1.165) is 38.1 Å². The number of alkyl halides is 6. The second-order valence-corrected chi connectivity index (χ2v) is 6.80. The lowest BCUT2D eigenvalue weighted by atomic mass is 9.86. The molecule has 0 radical (unpaired) electrons. The van der Waals surface area contributed by atoms with Gasteiger partial charge < -0.3 is 5.32 Å². The van der Waals surface area contributed by atoms with Crippen molar-refractivity contribution in [3.8, 4) is 0 Å². The predicted molar refractivity (Wildman–Crippen MR) is 83.5 cm³/mol. The topological polar surface area (TPSA) is 15.3 Å². The normalized spacial score (nSPS) is 24.7. The minimum Gasteiger partial charge on any atom is -0.316 e. The molecule has 0 aliphatic carbocycles. The van der Waals surface area contributed by atoms with Crippen LogP contribution in [0.4, 0.5) is 26.3 Å². The predicted octanol–water partition coefficient (Wildman–Crippen LogP) is 4.33. The van der Waals surface area contributed by atoms with Gasteiger partial charge in [-0.1, -0.05) is 0 Å². The highest BCUT2D eigenvalue weighted by atomic mass is 35.5. The van der Waals surface area contributed by atoms with E-state index in [1.807, 2.05) is 4.90 Å². The molecule has 1 atom stereocenters. The molecule has 2 nitrogen and oxygen atoms in total. The number of likely N-dealkylation sites (tertiary alicyclic amines) is 1. The number of hydrogen-bond acceptors (Lipinski definition) is 2. The Morgan fingerprint density at radius 3 is 2.04 bits per heavy atom. The molecule has 2 saturated heterocycles. The van der Waals surface area contributed by atoms with E-state index in [1.165, 1.54) is 0 Å². The first kappa shape index (κ1) is 20.3. The Morgan fingerprint density at radius 1 is 0.960 bits per heavy atom. The van der Waals surface area contributed by atoms with Crippen molar-refractivity contribution in [2.45, 2.75) is 31.7 Å². The fourth-order valence-corrected chi connectivity index (χ4v) is 3.68. The minimum atomic E-state index is -4.79. The van der Waals surface area contributed by atoms with Crippen molar-refractivity contribution >= 4 is 12.4 Å². The Labute approximate surface area is 148 Å². The van der Waals surface area contributed by atoms with E-state index in [2.05, 4.69) is 5.32 Å². The van der Waals surface area contributed by atoms with Crippen LogP contribution in [0.15, 0.2) is 18.2 Å². The first-order valence-corrected chi connectivity index (χ1v) is 7.79. The highest BCUT2D eigenvalue weighted by Crippen LogP contribution is 2.39. The molecule has 3 rings (SSSR count). The summed E-state index contributed by atoms with van der Waals surface area (Å²) >= 11 is 0. The summed E-state index contributed by atoms with van der Waals surface area (Å²) < 4.78 is 77.4. The fourth-order valence-electron chi connectivity index (χ4n) is 3.68. The molecule has 2 fully saturated rings. The molecule has 1 aromatic rings. The minimum absolute atomic E-state index is 0. The molecule has 2 aliphatic rings. The quantitative estimate of drug-likeness (QED) is 0.759. The zero-order valence-corrected chi connectivity index (χ0v) is 14.1. The van der Waals surface area contributed by atoms with Gasteiger partial charge in [0.15, 0.2) is 0 Å². The van der Waals surface area contributed by atoms with Gasteiger partial charge in [0.25, 0.3) is 0 Å². The molecule has 0 aromatic heterocycles. The van der Waals surface area contributed by atoms with Gasteiger partial charge in [0.1, 0.15) is 0 Å². The average Bonchev–Trinajstić information content (AvgIpc) is 3.07. The van der Waals surface area contributed by atoms with Crippen LogP contribution in [-0.4, -0.2) is 31.1 Å². The van der Waals surface area contributed by atoms with Crippen LogP contribution in [0, 0.1) is 5.41 Å². The standard InChI is InChI=1S/C16H18F6N2.ClH/c17-15(18,19)12-5-11(6-13(7-12)16(20,21)22)8-24-4-2-14(10-24)1-3-23-9-14;/h5-7,23H,1-4,8-10H2;1H. The third-order valence-electron chi connectivity index (χ3n) is 4.90. The maximum absolute atomic E-state index is 12.9. The summed E-state index contributed by atoms with van der Waals surface area (Å²) in [7, 11) is 0. The third kappa shape index (κ3) is 4.60. The van der Waals surface area contributed by atoms with Gasteiger partial charge in [-0.2, -0.15) is 26.3 Å². The van der Waals surface area contributed by atoms with Gasteiger partial charge in [0.05, 0.1) is 11.1 Å². The monoisotopic (exact) mass is 388 g/mol. The van der Waals surface area contributed by atoms with Crippen LogP contribution in [0.3, 0.4) is 0 Å². The summed E-state index contributed by atoms with van der Waals surface area (Å²) in [5.74, 6) is 0. The fraction of sp³-hybridized carbons (Fsp3) is 0.625. The molecule has 0 bridgehead atoms. The SMILES string of the molecule is Cl.FC(F)(F)c1cc(CN2CCC3(CCNC3)C2)cc(C(F)(F)F)c1. The highest BCUT2D eigenvalue weighted by Gasteiger charge is 2.41. The van der Waals surface area contributed by atoms with E-state index in [9.17, 15) is 26.3 Å². The van der Waals surface area contributed by atoms with Crippen molar-refractivity contribution in [3.63, 3.8) is 0 Å². The van der Waals surface area contributed by atoms with Crippen molar-refractivity contribution < 1.29 is 26.3 Å². The summed E-state index contributed by atoms with van der Waals surface area (Å²) in [5.41, 5.74) is -2.32. The van der Waals surface area contributed by atoms with Crippen LogP contribution in [0.1, 0.15) is 29.5 Å². The third-order valence-corrected chi connectivity index (χ3v) is 4.90. The smallest absolute Gasteiger partial charge is 0.316 e. The summed E-state index contributed by atoms with van der Waals surface area (Å²) in [6.07, 6.45) is -7.67. The average molecular weight is 389 g/mol. The summed E-state index contributed by atoms with van der Waals surface area (Å²) in [6.45, 7) is 3.28. The Kier molecular flexibility index (Phi) is 5.66. The summed E-state index contributed by atoms with van der Waals surface area (Å²) in [4.78, 5) is 1.95. The zero-order chi connectivity index (χ0) is 17.6. The molecular formula is C16H19ClF6N2. The van der Waals surface area contributed by atoms with Gasteiger partial charge in [-0.3, -0.25) is 4.90 Å². The molecule has 1 N–H and O–H groups in total. The molecule has 9 heteroatoms. The molecule has 0 saturated carbocycles. The number of nitrogens with one attached hydrogen (secondary N) is 1. The van der Waals surface area contributed by atoms with Crippen LogP contribution in [0.5, 0.6) is 0 Å². The maximum atomic E-state index is 12.9. The van der Waals surface area contributed by atoms with E-state index >= 15 is 0 Å². The highest BCUT2D eigenvalue weighted by molar-refractivity contribution is 5.85. The number of nitrogens with zero attached hydrogens (tertiary/aromatic N) is 1. The largest absolute Gasteiger partial charge is 0.416 e. The number of rotatable bonds is 2. The second-order valence-electron chi connectivity index (χ2n) is 6.80. The molecule has 2 heterocycles. The summed E-state index contributed by atoms with van der Waals surface area (Å²) in [5, 5.41) is 3.27. The van der Waals surface area contributed by atoms with Crippen LogP contribution in [0.2, 0.25) is 0 Å². The Hall–Kier alpha value is -0.990. The number of halogens is 7. The van der Waals surface area contributed by atoms with Crippen molar-refractivity contribution in [3.05, 3.63) is 34.9 Å². The Balaban J connectivity index is 0.00000225. The number of benzene rings is 1. The molecule has 1 spiro atoms. The Bertz CT molecular complexity index is 575. The van der Waals surface area contributed by atoms with E-state index in [0.29, 0.717) is 13.1 Å². The lowest BCUT2D eigenvalue weighted by Gasteiger charge is -2.23. The van der Waals surface area contributed by atoms with Crippen molar-refractivity contribution in [1.82, 2.24) is 10.2 Å². The Morgan fingerprint density at radius 2 is 1.56 bits per heavy atom. The van der Waals surface area contributed by atoms with E-state index in [-0.39, 0.29) is 36.0 Å². The van der Waals surface area contributed by atoms with Gasteiger partial charge in [0, 0.05) is 19.6 Å². The number of hydrogen-bond donors (Lipinski definition) is 1. The van der Waals surface area contributed by atoms with Crippen LogP contribution < -0.4 is 5.32 Å². The molecule has 1 unspecified atom stereocenters.